The average Bonchev–Trinajstić information content (AvgIpc) is 2.56. The van der Waals surface area contributed by atoms with E-state index in [4.69, 9.17) is 11.6 Å². The van der Waals surface area contributed by atoms with Gasteiger partial charge in [0.05, 0.1) is 23.2 Å². The van der Waals surface area contributed by atoms with E-state index in [1.807, 2.05) is 0 Å². The van der Waals surface area contributed by atoms with Crippen molar-refractivity contribution < 1.29 is 26.4 Å². The van der Waals surface area contributed by atoms with Crippen LogP contribution in [0.15, 0.2) is 42.5 Å². The molecule has 0 unspecified atom stereocenters. The fourth-order valence-corrected chi connectivity index (χ4v) is 4.07. The molecule has 152 valence electrons. The van der Waals surface area contributed by atoms with Crippen molar-refractivity contribution in [2.75, 3.05) is 15.9 Å². The Morgan fingerprint density at radius 3 is 2.36 bits per heavy atom. The second-order valence-electron chi connectivity index (χ2n) is 6.20. The third-order valence-electron chi connectivity index (χ3n) is 3.99. The Balaban J connectivity index is 2.43. The minimum Gasteiger partial charge on any atom is -0.324 e. The van der Waals surface area contributed by atoms with Gasteiger partial charge in [-0.3, -0.25) is 9.10 Å². The van der Waals surface area contributed by atoms with Gasteiger partial charge in [-0.1, -0.05) is 29.8 Å². The van der Waals surface area contributed by atoms with Crippen LogP contribution in [0.2, 0.25) is 5.02 Å². The van der Waals surface area contributed by atoms with Gasteiger partial charge in [-0.15, -0.1) is 0 Å². The molecule has 28 heavy (non-hydrogen) atoms. The maximum absolute atomic E-state index is 13.1. The summed E-state index contributed by atoms with van der Waals surface area (Å²) in [6.07, 6.45) is -3.77. The highest BCUT2D eigenvalue weighted by Gasteiger charge is 2.35. The molecule has 0 saturated heterocycles. The first-order valence-electron chi connectivity index (χ1n) is 8.05. The van der Waals surface area contributed by atoms with Crippen LogP contribution < -0.4 is 9.62 Å². The number of hydrogen-bond donors (Lipinski definition) is 1. The van der Waals surface area contributed by atoms with Crippen molar-refractivity contribution in [1.29, 1.82) is 0 Å². The van der Waals surface area contributed by atoms with Crippen molar-refractivity contribution in [3.8, 4) is 0 Å². The summed E-state index contributed by atoms with van der Waals surface area (Å²) in [5, 5.41) is 2.43. The number of rotatable bonds is 5. The van der Waals surface area contributed by atoms with Gasteiger partial charge >= 0.3 is 6.18 Å². The third-order valence-corrected chi connectivity index (χ3v) is 5.45. The van der Waals surface area contributed by atoms with E-state index in [0.29, 0.717) is 5.56 Å². The molecule has 0 spiro atoms. The Hall–Kier alpha value is -2.26. The number of amides is 1. The second-order valence-corrected chi connectivity index (χ2v) is 8.49. The molecule has 0 saturated carbocycles. The number of sulfonamides is 1. The summed E-state index contributed by atoms with van der Waals surface area (Å²) >= 11 is 5.95. The van der Waals surface area contributed by atoms with E-state index in [1.54, 1.807) is 19.1 Å². The van der Waals surface area contributed by atoms with E-state index in [-0.39, 0.29) is 10.7 Å². The lowest BCUT2D eigenvalue weighted by Crippen LogP contribution is -2.45. The highest BCUT2D eigenvalue weighted by atomic mass is 35.5. The largest absolute Gasteiger partial charge is 0.418 e. The van der Waals surface area contributed by atoms with Gasteiger partial charge in [0.2, 0.25) is 15.9 Å². The summed E-state index contributed by atoms with van der Waals surface area (Å²) in [6, 6.07) is 7.66. The molecule has 0 heterocycles. The molecule has 10 heteroatoms. The van der Waals surface area contributed by atoms with Crippen LogP contribution in [0.4, 0.5) is 24.5 Å². The Bertz CT molecular complexity index is 994. The molecule has 0 bridgehead atoms. The maximum Gasteiger partial charge on any atom is 0.418 e. The second kappa shape index (κ2) is 8.00. The van der Waals surface area contributed by atoms with Crippen LogP contribution in [0.1, 0.15) is 18.1 Å². The lowest BCUT2D eigenvalue weighted by Gasteiger charge is -2.30. The minimum atomic E-state index is -4.67. The topological polar surface area (TPSA) is 66.5 Å². The number of alkyl halides is 3. The number of carbonyl (C=O) groups excluding carboxylic acids is 1. The number of hydrogen-bond acceptors (Lipinski definition) is 3. The molecule has 5 nitrogen and oxygen atoms in total. The van der Waals surface area contributed by atoms with Crippen LogP contribution in [0, 0.1) is 6.92 Å². The molecule has 2 rings (SSSR count). The van der Waals surface area contributed by atoms with E-state index in [0.717, 1.165) is 22.7 Å². The van der Waals surface area contributed by atoms with Crippen molar-refractivity contribution in [2.45, 2.75) is 26.1 Å². The number of carbonyl (C=O) groups is 1. The predicted molar refractivity (Wildman–Crippen MR) is 103 cm³/mol. The molecule has 1 atom stereocenters. The van der Waals surface area contributed by atoms with Gasteiger partial charge in [0.1, 0.15) is 6.04 Å². The Kier molecular flexibility index (Phi) is 6.30. The van der Waals surface area contributed by atoms with Crippen LogP contribution in [-0.2, 0) is 21.0 Å². The molecule has 0 aliphatic carbocycles. The lowest BCUT2D eigenvalue weighted by molar-refractivity contribution is -0.137. The summed E-state index contributed by atoms with van der Waals surface area (Å²) in [7, 11) is -3.94. The maximum atomic E-state index is 13.1. The Morgan fingerprint density at radius 1 is 1.18 bits per heavy atom. The number of anilines is 2. The fourth-order valence-electron chi connectivity index (χ4n) is 2.68. The first-order valence-corrected chi connectivity index (χ1v) is 10.3. The first-order chi connectivity index (χ1) is 12.8. The molecule has 0 fully saturated rings. The normalized spacial score (nSPS) is 13.1. The van der Waals surface area contributed by atoms with Crippen molar-refractivity contribution in [1.82, 2.24) is 0 Å². The number of halogens is 4. The molecular weight excluding hydrogens is 417 g/mol. The monoisotopic (exact) mass is 434 g/mol. The number of para-hydroxylation sites is 1. The first kappa shape index (κ1) is 22.0. The van der Waals surface area contributed by atoms with Gasteiger partial charge < -0.3 is 5.32 Å². The molecular formula is C18H18ClF3N2O3S. The molecule has 0 aliphatic heterocycles. The van der Waals surface area contributed by atoms with Crippen LogP contribution in [0.25, 0.3) is 0 Å². The SMILES string of the molecule is Cc1ccc(Cl)cc1N([C@H](C)C(=O)Nc1ccccc1C(F)(F)F)S(C)(=O)=O. The molecule has 1 amide bonds. The van der Waals surface area contributed by atoms with Crippen LogP contribution in [0.5, 0.6) is 0 Å². The van der Waals surface area contributed by atoms with Gasteiger partial charge in [-0.2, -0.15) is 13.2 Å². The zero-order chi connectivity index (χ0) is 21.3. The molecule has 0 aliphatic rings. The predicted octanol–water partition coefficient (Wildman–Crippen LogP) is 4.46. The zero-order valence-electron chi connectivity index (χ0n) is 15.2. The van der Waals surface area contributed by atoms with Crippen molar-refractivity contribution in [2.24, 2.45) is 0 Å². The van der Waals surface area contributed by atoms with Gasteiger partial charge in [0.15, 0.2) is 0 Å². The smallest absolute Gasteiger partial charge is 0.324 e. The van der Waals surface area contributed by atoms with Gasteiger partial charge in [0.25, 0.3) is 0 Å². The Morgan fingerprint density at radius 2 is 1.79 bits per heavy atom. The zero-order valence-corrected chi connectivity index (χ0v) is 16.8. The van der Waals surface area contributed by atoms with Crippen LogP contribution in [0.3, 0.4) is 0 Å². The molecule has 1 N–H and O–H groups in total. The van der Waals surface area contributed by atoms with E-state index in [9.17, 15) is 26.4 Å². The third kappa shape index (κ3) is 4.96. The molecule has 2 aromatic rings. The van der Waals surface area contributed by atoms with E-state index < -0.39 is 39.4 Å². The van der Waals surface area contributed by atoms with Crippen molar-refractivity contribution in [3.05, 3.63) is 58.6 Å². The summed E-state index contributed by atoms with van der Waals surface area (Å²) < 4.78 is 64.9. The van der Waals surface area contributed by atoms with Crippen molar-refractivity contribution >= 4 is 38.9 Å². The summed E-state index contributed by atoms with van der Waals surface area (Å²) in [5.74, 6) is -0.915. The van der Waals surface area contributed by atoms with Gasteiger partial charge in [0, 0.05) is 5.02 Å². The van der Waals surface area contributed by atoms with Gasteiger partial charge in [-0.25, -0.2) is 8.42 Å². The quantitative estimate of drug-likeness (QED) is 0.755. The Labute approximate surface area is 166 Å². The number of nitrogens with zero attached hydrogens (tertiary/aromatic N) is 1. The summed E-state index contributed by atoms with van der Waals surface area (Å²) in [4.78, 5) is 12.6. The van der Waals surface area contributed by atoms with Crippen LogP contribution >= 0.6 is 11.6 Å². The van der Waals surface area contributed by atoms with E-state index in [2.05, 4.69) is 5.32 Å². The van der Waals surface area contributed by atoms with Crippen molar-refractivity contribution in [3.63, 3.8) is 0 Å². The summed E-state index contributed by atoms with van der Waals surface area (Å²) in [6.45, 7) is 2.92. The molecule has 0 radical (unpaired) electrons. The number of benzene rings is 2. The lowest BCUT2D eigenvalue weighted by atomic mass is 10.1. The van der Waals surface area contributed by atoms with E-state index >= 15 is 0 Å². The van der Waals surface area contributed by atoms with Gasteiger partial charge in [-0.05, 0) is 43.7 Å². The minimum absolute atomic E-state index is 0.168. The number of aryl methyl sites for hydroxylation is 1. The highest BCUT2D eigenvalue weighted by molar-refractivity contribution is 7.92. The standard InChI is InChI=1S/C18H18ClF3N2O3S/c1-11-8-9-13(19)10-16(11)24(28(3,26)27)12(2)17(25)23-15-7-5-4-6-14(15)18(20,21)22/h4-10,12H,1-3H3,(H,23,25)/t12-/m1/s1. The average molecular weight is 435 g/mol. The summed E-state index contributed by atoms with van der Waals surface area (Å²) in [5.41, 5.74) is -0.782. The number of nitrogens with one attached hydrogen (secondary N) is 1. The molecule has 2 aromatic carbocycles. The fraction of sp³-hybridized carbons (Fsp3) is 0.278. The van der Waals surface area contributed by atoms with Crippen LogP contribution in [-0.4, -0.2) is 26.6 Å². The molecule has 0 aromatic heterocycles. The highest BCUT2D eigenvalue weighted by Crippen LogP contribution is 2.35. The van der Waals surface area contributed by atoms with E-state index in [1.165, 1.54) is 25.1 Å².